The maximum Gasteiger partial charge on any atom is 0.259 e. The van der Waals surface area contributed by atoms with Crippen molar-refractivity contribution in [3.05, 3.63) is 47.5 Å². The molecule has 0 nitrogen and oxygen atoms in total. The van der Waals surface area contributed by atoms with Gasteiger partial charge in [0, 0.05) is 5.92 Å². The summed E-state index contributed by atoms with van der Waals surface area (Å²) < 4.78 is 25.4. The van der Waals surface area contributed by atoms with Crippen molar-refractivity contribution >= 4 is 0 Å². The van der Waals surface area contributed by atoms with Gasteiger partial charge in [0.05, 0.1) is 0 Å². The maximum absolute atomic E-state index is 12.7. The van der Waals surface area contributed by atoms with E-state index in [2.05, 4.69) is 0 Å². The van der Waals surface area contributed by atoms with Gasteiger partial charge in [-0.2, -0.15) is 0 Å². The summed E-state index contributed by atoms with van der Waals surface area (Å²) in [5.74, 6) is 0.174. The van der Waals surface area contributed by atoms with E-state index in [1.165, 1.54) is 0 Å². The largest absolute Gasteiger partial charge is 0.259 e. The van der Waals surface area contributed by atoms with Crippen LogP contribution in [0, 0.1) is 0 Å². The van der Waals surface area contributed by atoms with Gasteiger partial charge in [0.1, 0.15) is 0 Å². The van der Waals surface area contributed by atoms with Crippen molar-refractivity contribution in [3.63, 3.8) is 0 Å². The van der Waals surface area contributed by atoms with Crippen LogP contribution in [0.15, 0.2) is 42.0 Å². The number of hydrogen-bond donors (Lipinski definition) is 0. The Morgan fingerprint density at radius 3 is 2.50 bits per heavy atom. The maximum atomic E-state index is 12.7. The lowest BCUT2D eigenvalue weighted by molar-refractivity contribution is 0.184. The zero-order valence-electron chi connectivity index (χ0n) is 9.20. The molecule has 0 bridgehead atoms. The van der Waals surface area contributed by atoms with Crippen molar-refractivity contribution in [2.24, 2.45) is 0 Å². The molecule has 86 valence electrons. The fraction of sp³-hybridized carbons (Fsp3) is 0.429. The number of allylic oxidation sites excluding steroid dienone is 2. The van der Waals surface area contributed by atoms with Crippen LogP contribution in [0.4, 0.5) is 8.78 Å². The lowest BCUT2D eigenvalue weighted by Gasteiger charge is -2.12. The van der Waals surface area contributed by atoms with Gasteiger partial charge in [0.25, 0.3) is 6.43 Å². The molecule has 1 aromatic rings. The average molecular weight is 222 g/mol. The van der Waals surface area contributed by atoms with Gasteiger partial charge in [0.2, 0.25) is 0 Å². The quantitative estimate of drug-likeness (QED) is 0.644. The highest BCUT2D eigenvalue weighted by molar-refractivity contribution is 5.26. The van der Waals surface area contributed by atoms with Crippen molar-refractivity contribution < 1.29 is 8.78 Å². The Morgan fingerprint density at radius 1 is 1.06 bits per heavy atom. The zero-order valence-corrected chi connectivity index (χ0v) is 9.20. The number of hydrogen-bond acceptors (Lipinski definition) is 0. The van der Waals surface area contributed by atoms with Crippen LogP contribution >= 0.6 is 0 Å². The fourth-order valence-corrected chi connectivity index (χ4v) is 2.26. The van der Waals surface area contributed by atoms with Gasteiger partial charge >= 0.3 is 0 Å². The number of halogens is 2. The van der Waals surface area contributed by atoms with E-state index in [1.54, 1.807) is 6.08 Å². The van der Waals surface area contributed by atoms with Crippen LogP contribution < -0.4 is 0 Å². The Labute approximate surface area is 95.0 Å². The summed E-state index contributed by atoms with van der Waals surface area (Å²) in [5.41, 5.74) is 1.48. The van der Waals surface area contributed by atoms with E-state index in [0.29, 0.717) is 12.0 Å². The summed E-state index contributed by atoms with van der Waals surface area (Å²) in [6.45, 7) is 0. The molecule has 0 radical (unpaired) electrons. The highest BCUT2D eigenvalue weighted by Crippen LogP contribution is 2.31. The van der Waals surface area contributed by atoms with Gasteiger partial charge in [-0.15, -0.1) is 0 Å². The third-order valence-corrected chi connectivity index (χ3v) is 3.15. The smallest absolute Gasteiger partial charge is 0.205 e. The molecule has 2 rings (SSSR count). The molecule has 0 N–H and O–H groups in total. The summed E-state index contributed by atoms with van der Waals surface area (Å²) in [5, 5.41) is 0. The Balaban J connectivity index is 2.23. The van der Waals surface area contributed by atoms with Crippen LogP contribution in [0.2, 0.25) is 0 Å². The van der Waals surface area contributed by atoms with Gasteiger partial charge < -0.3 is 0 Å². The van der Waals surface area contributed by atoms with Crippen LogP contribution in [0.3, 0.4) is 0 Å². The molecule has 1 aliphatic carbocycles. The Kier molecular flexibility index (Phi) is 3.70. The molecule has 0 fully saturated rings. The van der Waals surface area contributed by atoms with Gasteiger partial charge in [0.15, 0.2) is 0 Å². The monoisotopic (exact) mass is 222 g/mol. The lowest BCUT2D eigenvalue weighted by atomic mass is 9.94. The molecule has 1 atom stereocenters. The highest BCUT2D eigenvalue weighted by Gasteiger charge is 2.18. The molecule has 0 heterocycles. The van der Waals surface area contributed by atoms with Gasteiger partial charge in [-0.25, -0.2) is 8.78 Å². The first-order chi connectivity index (χ1) is 7.77. The van der Waals surface area contributed by atoms with E-state index in [-0.39, 0.29) is 5.92 Å². The van der Waals surface area contributed by atoms with Crippen molar-refractivity contribution in [2.75, 3.05) is 0 Å². The summed E-state index contributed by atoms with van der Waals surface area (Å²) in [7, 11) is 0. The molecule has 1 unspecified atom stereocenters. The fourth-order valence-electron chi connectivity index (χ4n) is 2.26. The van der Waals surface area contributed by atoms with E-state index in [1.807, 2.05) is 30.3 Å². The van der Waals surface area contributed by atoms with Gasteiger partial charge in [-0.05, 0) is 30.4 Å². The molecule has 0 amide bonds. The van der Waals surface area contributed by atoms with Gasteiger partial charge in [-0.3, -0.25) is 0 Å². The number of rotatable bonds is 2. The summed E-state index contributed by atoms with van der Waals surface area (Å²) in [6.07, 6.45) is 2.96. The second kappa shape index (κ2) is 5.24. The van der Waals surface area contributed by atoms with Crippen molar-refractivity contribution in [2.45, 2.75) is 38.0 Å². The number of alkyl halides is 2. The second-order valence-electron chi connectivity index (χ2n) is 4.31. The minimum Gasteiger partial charge on any atom is -0.205 e. The van der Waals surface area contributed by atoms with Crippen LogP contribution in [0.25, 0.3) is 0 Å². The third kappa shape index (κ3) is 2.69. The third-order valence-electron chi connectivity index (χ3n) is 3.15. The van der Waals surface area contributed by atoms with E-state index >= 15 is 0 Å². The molecule has 0 saturated carbocycles. The predicted octanol–water partition coefficient (Wildman–Crippen LogP) is 4.54. The predicted molar refractivity (Wildman–Crippen MR) is 61.7 cm³/mol. The van der Waals surface area contributed by atoms with Crippen molar-refractivity contribution in [3.8, 4) is 0 Å². The van der Waals surface area contributed by atoms with Crippen LogP contribution in [-0.2, 0) is 0 Å². The minimum atomic E-state index is -2.29. The lowest BCUT2D eigenvalue weighted by Crippen LogP contribution is -1.99. The molecule has 0 aliphatic heterocycles. The molecule has 2 heteroatoms. The molecule has 0 spiro atoms. The summed E-state index contributed by atoms with van der Waals surface area (Å²) in [4.78, 5) is 0. The molecule has 0 saturated heterocycles. The van der Waals surface area contributed by atoms with Crippen molar-refractivity contribution in [1.29, 1.82) is 0 Å². The zero-order chi connectivity index (χ0) is 11.4. The Hall–Kier alpha value is -1.18. The molecule has 16 heavy (non-hydrogen) atoms. The molecule has 0 aromatic heterocycles. The molecule has 1 aromatic carbocycles. The summed E-state index contributed by atoms with van der Waals surface area (Å²) >= 11 is 0. The molecular formula is C14H16F2. The van der Waals surface area contributed by atoms with Crippen LogP contribution in [0.5, 0.6) is 0 Å². The first kappa shape index (κ1) is 11.3. The summed E-state index contributed by atoms with van der Waals surface area (Å²) in [6, 6.07) is 9.94. The number of benzene rings is 1. The minimum absolute atomic E-state index is 0.174. The molecule has 1 aliphatic rings. The van der Waals surface area contributed by atoms with Crippen molar-refractivity contribution in [1.82, 2.24) is 0 Å². The van der Waals surface area contributed by atoms with E-state index in [9.17, 15) is 8.78 Å². The van der Waals surface area contributed by atoms with E-state index < -0.39 is 6.43 Å². The van der Waals surface area contributed by atoms with E-state index in [4.69, 9.17) is 0 Å². The SMILES string of the molecule is FC(F)C1=CC(c2ccccc2)CCCC1. The normalized spacial score (nSPS) is 21.7. The standard InChI is InChI=1S/C14H16F2/c15-14(16)13-9-5-4-8-12(10-13)11-6-2-1-3-7-11/h1-3,6-7,10,12,14H,4-5,8-9H2. The van der Waals surface area contributed by atoms with Crippen LogP contribution in [-0.4, -0.2) is 6.43 Å². The highest BCUT2D eigenvalue weighted by atomic mass is 19.3. The average Bonchev–Trinajstić information content (AvgIpc) is 2.56. The molecular weight excluding hydrogens is 206 g/mol. The topological polar surface area (TPSA) is 0 Å². The van der Waals surface area contributed by atoms with E-state index in [0.717, 1.165) is 24.8 Å². The Morgan fingerprint density at radius 2 is 1.81 bits per heavy atom. The Bertz CT molecular complexity index is 354. The van der Waals surface area contributed by atoms with Gasteiger partial charge in [-0.1, -0.05) is 42.8 Å². The first-order valence-electron chi connectivity index (χ1n) is 5.81. The van der Waals surface area contributed by atoms with Crippen LogP contribution in [0.1, 0.15) is 37.2 Å². The first-order valence-corrected chi connectivity index (χ1v) is 5.81. The second-order valence-corrected chi connectivity index (χ2v) is 4.31.